The lowest BCUT2D eigenvalue weighted by molar-refractivity contribution is -0.170. The third kappa shape index (κ3) is 3.94. The summed E-state index contributed by atoms with van der Waals surface area (Å²) in [5.41, 5.74) is 0.781. The van der Waals surface area contributed by atoms with E-state index in [1.54, 1.807) is 6.92 Å². The zero-order valence-corrected chi connectivity index (χ0v) is 9.67. The first-order chi connectivity index (χ1) is 7.29. The molecule has 90 valence electrons. The van der Waals surface area contributed by atoms with Crippen LogP contribution in [0.5, 0.6) is 0 Å². The van der Waals surface area contributed by atoms with E-state index >= 15 is 0 Å². The monoisotopic (exact) mass is 252 g/mol. The van der Waals surface area contributed by atoms with E-state index in [9.17, 15) is 18.0 Å². The number of rotatable bonds is 4. The molecule has 0 N–H and O–H groups in total. The SMILES string of the molecule is Cc1cc(C)c(C(=O)COCC(F)(F)F)s1. The predicted octanol–water partition coefficient (Wildman–Crippen LogP) is 3.13. The lowest BCUT2D eigenvalue weighted by atomic mass is 10.2. The van der Waals surface area contributed by atoms with Crippen LogP contribution in [-0.4, -0.2) is 25.2 Å². The fourth-order valence-corrected chi connectivity index (χ4v) is 2.19. The van der Waals surface area contributed by atoms with Crippen molar-refractivity contribution in [2.75, 3.05) is 13.2 Å². The van der Waals surface area contributed by atoms with E-state index in [0.717, 1.165) is 10.4 Å². The van der Waals surface area contributed by atoms with Gasteiger partial charge in [-0.05, 0) is 25.5 Å². The van der Waals surface area contributed by atoms with Crippen LogP contribution in [0.15, 0.2) is 6.07 Å². The molecule has 0 unspecified atom stereocenters. The number of hydrogen-bond acceptors (Lipinski definition) is 3. The van der Waals surface area contributed by atoms with Gasteiger partial charge in [-0.2, -0.15) is 13.2 Å². The van der Waals surface area contributed by atoms with Crippen molar-refractivity contribution in [1.82, 2.24) is 0 Å². The van der Waals surface area contributed by atoms with E-state index in [0.29, 0.717) is 4.88 Å². The van der Waals surface area contributed by atoms with Gasteiger partial charge in [0.15, 0.2) is 5.78 Å². The molecule has 6 heteroatoms. The highest BCUT2D eigenvalue weighted by Gasteiger charge is 2.28. The maximum absolute atomic E-state index is 11.8. The van der Waals surface area contributed by atoms with Gasteiger partial charge in [-0.25, -0.2) is 0 Å². The van der Waals surface area contributed by atoms with Crippen molar-refractivity contribution in [2.45, 2.75) is 20.0 Å². The summed E-state index contributed by atoms with van der Waals surface area (Å²) in [5, 5.41) is 0. The molecule has 0 aliphatic heterocycles. The molecule has 1 aromatic rings. The first kappa shape index (κ1) is 13.2. The molecule has 0 radical (unpaired) electrons. The van der Waals surface area contributed by atoms with Crippen LogP contribution in [0.3, 0.4) is 0 Å². The third-order valence-electron chi connectivity index (χ3n) is 1.79. The number of Topliss-reactive ketones (excluding diaryl/α,β-unsaturated/α-hetero) is 1. The first-order valence-electron chi connectivity index (χ1n) is 4.54. The lowest BCUT2D eigenvalue weighted by Gasteiger charge is -2.06. The zero-order valence-electron chi connectivity index (χ0n) is 8.85. The molecule has 0 aliphatic rings. The van der Waals surface area contributed by atoms with Crippen LogP contribution in [0.4, 0.5) is 13.2 Å². The molecule has 0 aliphatic carbocycles. The average molecular weight is 252 g/mol. The van der Waals surface area contributed by atoms with E-state index in [1.807, 2.05) is 13.0 Å². The van der Waals surface area contributed by atoms with Gasteiger partial charge in [-0.1, -0.05) is 0 Å². The molecule has 1 heterocycles. The first-order valence-corrected chi connectivity index (χ1v) is 5.36. The summed E-state index contributed by atoms with van der Waals surface area (Å²) in [6.45, 7) is 1.67. The van der Waals surface area contributed by atoms with E-state index in [-0.39, 0.29) is 0 Å². The summed E-state index contributed by atoms with van der Waals surface area (Å²) < 4.78 is 39.6. The Kier molecular flexibility index (Phi) is 4.09. The highest BCUT2D eigenvalue weighted by molar-refractivity contribution is 7.14. The van der Waals surface area contributed by atoms with Gasteiger partial charge in [0.25, 0.3) is 0 Å². The topological polar surface area (TPSA) is 26.3 Å². The number of ether oxygens (including phenoxy) is 1. The van der Waals surface area contributed by atoms with Crippen LogP contribution in [0.2, 0.25) is 0 Å². The van der Waals surface area contributed by atoms with Crippen molar-refractivity contribution in [3.05, 3.63) is 21.4 Å². The Hall–Kier alpha value is -0.880. The molecule has 16 heavy (non-hydrogen) atoms. The molecule has 0 saturated heterocycles. The van der Waals surface area contributed by atoms with Crippen molar-refractivity contribution in [3.8, 4) is 0 Å². The van der Waals surface area contributed by atoms with Gasteiger partial charge in [-0.15, -0.1) is 11.3 Å². The Morgan fingerprint density at radius 2 is 2.06 bits per heavy atom. The molecule has 1 aromatic heterocycles. The number of carbonyl (C=O) groups is 1. The summed E-state index contributed by atoms with van der Waals surface area (Å²) in [6, 6.07) is 1.82. The number of ketones is 1. The quantitative estimate of drug-likeness (QED) is 0.769. The molecule has 0 bridgehead atoms. The van der Waals surface area contributed by atoms with Gasteiger partial charge < -0.3 is 4.74 Å². The fraction of sp³-hybridized carbons (Fsp3) is 0.500. The van der Waals surface area contributed by atoms with E-state index in [2.05, 4.69) is 4.74 Å². The van der Waals surface area contributed by atoms with Crippen LogP contribution < -0.4 is 0 Å². The minimum absolute atomic E-state index is 0.403. The molecule has 1 rings (SSSR count). The second-order valence-corrected chi connectivity index (χ2v) is 4.66. The smallest absolute Gasteiger partial charge is 0.364 e. The van der Waals surface area contributed by atoms with Crippen LogP contribution in [0, 0.1) is 13.8 Å². The fourth-order valence-electron chi connectivity index (χ4n) is 1.24. The summed E-state index contributed by atoms with van der Waals surface area (Å²) in [4.78, 5) is 12.9. The Bertz CT molecular complexity index is 382. The molecular formula is C10H11F3O2S. The van der Waals surface area contributed by atoms with Crippen LogP contribution >= 0.6 is 11.3 Å². The molecule has 0 amide bonds. The highest BCUT2D eigenvalue weighted by Crippen LogP contribution is 2.22. The largest absolute Gasteiger partial charge is 0.411 e. The Labute approximate surface area is 95.0 Å². The third-order valence-corrected chi connectivity index (χ3v) is 2.99. The van der Waals surface area contributed by atoms with Gasteiger partial charge >= 0.3 is 6.18 Å². The summed E-state index contributed by atoms with van der Waals surface area (Å²) in [5.74, 6) is -0.403. The molecular weight excluding hydrogens is 241 g/mol. The number of halogens is 3. The number of aryl methyl sites for hydroxylation is 2. The second kappa shape index (κ2) is 4.97. The normalized spacial score (nSPS) is 11.8. The van der Waals surface area contributed by atoms with Gasteiger partial charge in [0, 0.05) is 4.88 Å². The number of carbonyl (C=O) groups excluding carboxylic acids is 1. The average Bonchev–Trinajstić information content (AvgIpc) is 2.43. The molecule has 0 saturated carbocycles. The summed E-state index contributed by atoms with van der Waals surface area (Å²) in [7, 11) is 0. The van der Waals surface area contributed by atoms with Crippen molar-refractivity contribution in [3.63, 3.8) is 0 Å². The predicted molar refractivity (Wildman–Crippen MR) is 55.0 cm³/mol. The Morgan fingerprint density at radius 3 is 2.50 bits per heavy atom. The number of hydrogen-bond donors (Lipinski definition) is 0. The standard InChI is InChI=1S/C10H11F3O2S/c1-6-3-7(2)16-9(6)8(14)4-15-5-10(11,12)13/h3H,4-5H2,1-2H3. The molecule has 0 atom stereocenters. The van der Waals surface area contributed by atoms with Gasteiger partial charge in [0.05, 0.1) is 4.88 Å². The van der Waals surface area contributed by atoms with Crippen LogP contribution in [0.25, 0.3) is 0 Å². The minimum Gasteiger partial charge on any atom is -0.364 e. The van der Waals surface area contributed by atoms with E-state index in [1.165, 1.54) is 11.3 Å². The Morgan fingerprint density at radius 1 is 1.44 bits per heavy atom. The van der Waals surface area contributed by atoms with Crippen LogP contribution in [0.1, 0.15) is 20.1 Å². The molecule has 0 spiro atoms. The number of alkyl halides is 3. The van der Waals surface area contributed by atoms with Crippen molar-refractivity contribution in [2.24, 2.45) is 0 Å². The van der Waals surface area contributed by atoms with Crippen molar-refractivity contribution < 1.29 is 22.7 Å². The summed E-state index contributed by atoms with van der Waals surface area (Å²) >= 11 is 1.27. The van der Waals surface area contributed by atoms with Crippen molar-refractivity contribution >= 4 is 17.1 Å². The maximum atomic E-state index is 11.8. The number of thiophene rings is 1. The summed E-state index contributed by atoms with van der Waals surface area (Å²) in [6.07, 6.45) is -4.39. The maximum Gasteiger partial charge on any atom is 0.411 e. The van der Waals surface area contributed by atoms with E-state index < -0.39 is 25.2 Å². The van der Waals surface area contributed by atoms with Gasteiger partial charge in [0.1, 0.15) is 13.2 Å². The zero-order chi connectivity index (χ0) is 12.3. The second-order valence-electron chi connectivity index (χ2n) is 3.40. The Balaban J connectivity index is 2.51. The lowest BCUT2D eigenvalue weighted by Crippen LogP contribution is -2.20. The van der Waals surface area contributed by atoms with Gasteiger partial charge in [-0.3, -0.25) is 4.79 Å². The van der Waals surface area contributed by atoms with E-state index in [4.69, 9.17) is 0 Å². The highest BCUT2D eigenvalue weighted by atomic mass is 32.1. The van der Waals surface area contributed by atoms with Crippen LogP contribution in [-0.2, 0) is 4.74 Å². The molecule has 0 fully saturated rings. The van der Waals surface area contributed by atoms with Gasteiger partial charge in [0.2, 0.25) is 0 Å². The molecule has 0 aromatic carbocycles. The molecule has 2 nitrogen and oxygen atoms in total. The van der Waals surface area contributed by atoms with Crippen molar-refractivity contribution in [1.29, 1.82) is 0 Å². The minimum atomic E-state index is -4.39.